The van der Waals surface area contributed by atoms with Crippen LogP contribution in [-0.4, -0.2) is 15.8 Å². The van der Waals surface area contributed by atoms with Gasteiger partial charge in [0.1, 0.15) is 0 Å². The molecule has 68 valence electrons. The molecule has 0 amide bonds. The van der Waals surface area contributed by atoms with Crippen molar-refractivity contribution in [3.63, 3.8) is 0 Å². The van der Waals surface area contributed by atoms with Gasteiger partial charge in [-0.25, -0.2) is 0 Å². The Hall–Kier alpha value is -0.540. The van der Waals surface area contributed by atoms with E-state index in [0.717, 1.165) is 23.0 Å². The van der Waals surface area contributed by atoms with Crippen molar-refractivity contribution in [2.75, 3.05) is 0 Å². The zero-order valence-corrected chi connectivity index (χ0v) is 8.39. The highest BCUT2D eigenvalue weighted by atomic mass is 35.5. The van der Waals surface area contributed by atoms with Crippen LogP contribution in [0.25, 0.3) is 0 Å². The van der Waals surface area contributed by atoms with Crippen LogP contribution in [0.4, 0.5) is 0 Å². The van der Waals surface area contributed by atoms with Gasteiger partial charge in [0.15, 0.2) is 0 Å². The molecule has 3 nitrogen and oxygen atoms in total. The largest absolute Gasteiger partial charge is 0.326 e. The quantitative estimate of drug-likeness (QED) is 0.763. The minimum atomic E-state index is 0.110. The molecule has 1 aromatic rings. The summed E-state index contributed by atoms with van der Waals surface area (Å²) in [6, 6.07) is 0.110. The van der Waals surface area contributed by atoms with Gasteiger partial charge in [-0.2, -0.15) is 5.10 Å². The Balaban J connectivity index is 2.93. The minimum Gasteiger partial charge on any atom is -0.326 e. The fourth-order valence-electron chi connectivity index (χ4n) is 1.13. The number of nitrogens with zero attached hydrogens (tertiary/aromatic N) is 2. The van der Waals surface area contributed by atoms with Gasteiger partial charge in [0.2, 0.25) is 0 Å². The number of rotatable bonds is 2. The molecular formula is C8H14ClN3. The Morgan fingerprint density at radius 2 is 2.17 bits per heavy atom. The molecule has 12 heavy (non-hydrogen) atoms. The smallest absolute Gasteiger partial charge is 0.0844 e. The van der Waals surface area contributed by atoms with E-state index in [0.29, 0.717) is 0 Å². The van der Waals surface area contributed by atoms with Gasteiger partial charge in [0, 0.05) is 6.04 Å². The third kappa shape index (κ3) is 1.79. The van der Waals surface area contributed by atoms with Crippen LogP contribution in [0.3, 0.4) is 0 Å². The van der Waals surface area contributed by atoms with E-state index in [1.807, 2.05) is 25.5 Å². The number of hydrogen-bond donors (Lipinski definition) is 1. The zero-order valence-electron chi connectivity index (χ0n) is 7.63. The third-order valence-corrected chi connectivity index (χ3v) is 2.30. The van der Waals surface area contributed by atoms with Crippen molar-refractivity contribution < 1.29 is 0 Å². The predicted molar refractivity (Wildman–Crippen MR) is 50.4 cm³/mol. The van der Waals surface area contributed by atoms with E-state index in [1.54, 1.807) is 0 Å². The van der Waals surface area contributed by atoms with Crippen molar-refractivity contribution in [2.45, 2.75) is 33.4 Å². The molecule has 0 saturated heterocycles. The standard InChI is InChI=1S/C8H14ClN3/c1-5(10)4-12-7(3)8(9)6(2)11-12/h5H,4,10H2,1-3H3. The monoisotopic (exact) mass is 187 g/mol. The number of aromatic nitrogens is 2. The maximum absolute atomic E-state index is 5.96. The Morgan fingerprint density at radius 3 is 2.50 bits per heavy atom. The highest BCUT2D eigenvalue weighted by Crippen LogP contribution is 2.18. The Bertz CT molecular complexity index is 278. The molecule has 0 radical (unpaired) electrons. The average Bonchev–Trinajstić information content (AvgIpc) is 2.17. The fourth-order valence-corrected chi connectivity index (χ4v) is 1.26. The summed E-state index contributed by atoms with van der Waals surface area (Å²) >= 11 is 5.96. The van der Waals surface area contributed by atoms with Crippen molar-refractivity contribution in [3.8, 4) is 0 Å². The van der Waals surface area contributed by atoms with E-state index in [4.69, 9.17) is 17.3 Å². The van der Waals surface area contributed by atoms with Crippen molar-refractivity contribution in [1.29, 1.82) is 0 Å². The Morgan fingerprint density at radius 1 is 1.58 bits per heavy atom. The SMILES string of the molecule is Cc1nn(CC(C)N)c(C)c1Cl. The van der Waals surface area contributed by atoms with Gasteiger partial charge in [0.25, 0.3) is 0 Å². The summed E-state index contributed by atoms with van der Waals surface area (Å²) < 4.78 is 1.85. The molecule has 1 atom stereocenters. The van der Waals surface area contributed by atoms with E-state index in [9.17, 15) is 0 Å². The number of aryl methyl sites for hydroxylation is 1. The summed E-state index contributed by atoms with van der Waals surface area (Å²) in [4.78, 5) is 0. The summed E-state index contributed by atoms with van der Waals surface area (Å²) in [5.41, 5.74) is 7.51. The molecule has 1 unspecified atom stereocenters. The molecular weight excluding hydrogens is 174 g/mol. The van der Waals surface area contributed by atoms with Crippen molar-refractivity contribution in [1.82, 2.24) is 9.78 Å². The predicted octanol–water partition coefficient (Wildman–Crippen LogP) is 1.50. The molecule has 0 aliphatic rings. The summed E-state index contributed by atoms with van der Waals surface area (Å²) in [5.74, 6) is 0. The molecule has 0 bridgehead atoms. The Labute approximate surface area is 77.5 Å². The van der Waals surface area contributed by atoms with Crippen LogP contribution >= 0.6 is 11.6 Å². The molecule has 1 rings (SSSR count). The number of halogens is 1. The van der Waals surface area contributed by atoms with Crippen LogP contribution in [0.15, 0.2) is 0 Å². The average molecular weight is 188 g/mol. The second-order valence-electron chi connectivity index (χ2n) is 3.14. The lowest BCUT2D eigenvalue weighted by Gasteiger charge is -2.06. The van der Waals surface area contributed by atoms with Gasteiger partial charge in [-0.3, -0.25) is 4.68 Å². The van der Waals surface area contributed by atoms with Crippen molar-refractivity contribution in [2.24, 2.45) is 5.73 Å². The van der Waals surface area contributed by atoms with Gasteiger partial charge in [-0.05, 0) is 20.8 Å². The summed E-state index contributed by atoms with van der Waals surface area (Å²) in [5, 5.41) is 5.00. The molecule has 4 heteroatoms. The van der Waals surface area contributed by atoms with Gasteiger partial charge < -0.3 is 5.73 Å². The molecule has 1 heterocycles. The van der Waals surface area contributed by atoms with Crippen LogP contribution < -0.4 is 5.73 Å². The summed E-state index contributed by atoms with van der Waals surface area (Å²) in [6.45, 7) is 6.52. The van der Waals surface area contributed by atoms with Gasteiger partial charge >= 0.3 is 0 Å². The topological polar surface area (TPSA) is 43.8 Å². The fraction of sp³-hybridized carbons (Fsp3) is 0.625. The van der Waals surface area contributed by atoms with Gasteiger partial charge in [-0.15, -0.1) is 0 Å². The van der Waals surface area contributed by atoms with Crippen molar-refractivity contribution >= 4 is 11.6 Å². The lowest BCUT2D eigenvalue weighted by Crippen LogP contribution is -2.23. The van der Waals surface area contributed by atoms with Crippen LogP contribution in [0, 0.1) is 13.8 Å². The third-order valence-electron chi connectivity index (χ3n) is 1.75. The molecule has 0 saturated carbocycles. The molecule has 0 fully saturated rings. The first-order valence-electron chi connectivity index (χ1n) is 3.97. The molecule has 0 aliphatic carbocycles. The second kappa shape index (κ2) is 3.46. The number of nitrogens with two attached hydrogens (primary N) is 1. The molecule has 0 spiro atoms. The molecule has 0 aromatic carbocycles. The maximum atomic E-state index is 5.96. The summed E-state index contributed by atoms with van der Waals surface area (Å²) in [7, 11) is 0. The first-order valence-corrected chi connectivity index (χ1v) is 4.35. The maximum Gasteiger partial charge on any atom is 0.0844 e. The van der Waals surface area contributed by atoms with E-state index >= 15 is 0 Å². The van der Waals surface area contributed by atoms with Gasteiger partial charge in [-0.1, -0.05) is 11.6 Å². The first-order chi connectivity index (χ1) is 5.52. The van der Waals surface area contributed by atoms with E-state index in [1.165, 1.54) is 0 Å². The van der Waals surface area contributed by atoms with E-state index < -0.39 is 0 Å². The van der Waals surface area contributed by atoms with E-state index in [-0.39, 0.29) is 6.04 Å². The highest BCUT2D eigenvalue weighted by Gasteiger charge is 2.09. The molecule has 2 N–H and O–H groups in total. The number of hydrogen-bond acceptors (Lipinski definition) is 2. The second-order valence-corrected chi connectivity index (χ2v) is 3.52. The van der Waals surface area contributed by atoms with Gasteiger partial charge in [0.05, 0.1) is 23.0 Å². The summed E-state index contributed by atoms with van der Waals surface area (Å²) in [6.07, 6.45) is 0. The Kier molecular flexibility index (Phi) is 2.75. The highest BCUT2D eigenvalue weighted by molar-refractivity contribution is 6.31. The zero-order chi connectivity index (χ0) is 9.30. The van der Waals surface area contributed by atoms with Crippen LogP contribution in [-0.2, 0) is 6.54 Å². The molecule has 0 aliphatic heterocycles. The van der Waals surface area contributed by atoms with Crippen molar-refractivity contribution in [3.05, 3.63) is 16.4 Å². The molecule has 1 aromatic heterocycles. The van der Waals surface area contributed by atoms with E-state index in [2.05, 4.69) is 5.10 Å². The normalized spacial score (nSPS) is 13.4. The van der Waals surface area contributed by atoms with Crippen LogP contribution in [0.2, 0.25) is 5.02 Å². The first kappa shape index (κ1) is 9.55. The lowest BCUT2D eigenvalue weighted by molar-refractivity contribution is 0.525. The minimum absolute atomic E-state index is 0.110. The lowest BCUT2D eigenvalue weighted by atomic mass is 10.3. The van der Waals surface area contributed by atoms with Crippen LogP contribution in [0.5, 0.6) is 0 Å². The van der Waals surface area contributed by atoms with Crippen LogP contribution in [0.1, 0.15) is 18.3 Å².